The van der Waals surface area contributed by atoms with Crippen molar-refractivity contribution >= 4 is 45.8 Å². The van der Waals surface area contributed by atoms with Gasteiger partial charge in [-0.3, -0.25) is 0 Å². The van der Waals surface area contributed by atoms with Gasteiger partial charge in [0.2, 0.25) is 0 Å². The molecule has 0 aliphatic rings. The molecular weight excluding hydrogens is 415 g/mol. The molecule has 0 unspecified atom stereocenters. The first kappa shape index (κ1) is 19.1. The van der Waals surface area contributed by atoms with Gasteiger partial charge in [0.25, 0.3) is 0 Å². The second kappa shape index (κ2) is 8.44. The highest BCUT2D eigenvalue weighted by Crippen LogP contribution is 2.32. The molecule has 0 aliphatic heterocycles. The third-order valence-corrected chi connectivity index (χ3v) is 5.31. The first-order valence-corrected chi connectivity index (χ1v) is 10.0. The van der Waals surface area contributed by atoms with Gasteiger partial charge in [0, 0.05) is 17.1 Å². The van der Waals surface area contributed by atoms with Crippen LogP contribution in [0.4, 0.5) is 0 Å². The van der Waals surface area contributed by atoms with E-state index in [1.165, 1.54) is 0 Å². The van der Waals surface area contributed by atoms with Crippen LogP contribution in [0.2, 0.25) is 15.1 Å². The quantitative estimate of drug-likeness (QED) is 0.303. The molecule has 0 atom stereocenters. The summed E-state index contributed by atoms with van der Waals surface area (Å²) in [5, 5.41) is 1.80. The molecule has 0 amide bonds. The van der Waals surface area contributed by atoms with Crippen LogP contribution < -0.4 is 4.74 Å². The number of benzene rings is 3. The van der Waals surface area contributed by atoms with Gasteiger partial charge in [-0.15, -0.1) is 0 Å². The van der Waals surface area contributed by atoms with Gasteiger partial charge in [0.05, 0.1) is 27.7 Å². The molecular formula is C22H17Cl3N2O. The predicted molar refractivity (Wildman–Crippen MR) is 117 cm³/mol. The summed E-state index contributed by atoms with van der Waals surface area (Å²) in [5.74, 6) is 1.52. The van der Waals surface area contributed by atoms with E-state index in [1.807, 2.05) is 54.6 Å². The number of hydrogen-bond donors (Lipinski definition) is 0. The fourth-order valence-corrected chi connectivity index (χ4v) is 3.83. The summed E-state index contributed by atoms with van der Waals surface area (Å²) in [6.07, 6.45) is 0.795. The van der Waals surface area contributed by atoms with E-state index in [0.717, 1.165) is 35.4 Å². The number of halogens is 3. The zero-order valence-electron chi connectivity index (χ0n) is 14.9. The van der Waals surface area contributed by atoms with Crippen molar-refractivity contribution < 1.29 is 4.74 Å². The Hall–Kier alpha value is -2.20. The standard InChI is InChI=1S/C22H17Cl3N2O/c23-15-10-11-16(18(25)14-15)22-26-19-7-2-3-8-20(19)27(22)12-5-13-28-21-9-4-1-6-17(21)24/h1-4,6-11,14H,5,12-13H2. The molecule has 4 rings (SSSR count). The fourth-order valence-electron chi connectivity index (χ4n) is 3.14. The second-order valence-corrected chi connectivity index (χ2v) is 7.58. The van der Waals surface area contributed by atoms with Gasteiger partial charge in [0.15, 0.2) is 0 Å². The van der Waals surface area contributed by atoms with Crippen molar-refractivity contribution in [3.8, 4) is 17.1 Å². The number of imidazole rings is 1. The normalized spacial score (nSPS) is 11.1. The van der Waals surface area contributed by atoms with Crippen LogP contribution in [0.1, 0.15) is 6.42 Å². The highest BCUT2D eigenvalue weighted by molar-refractivity contribution is 6.36. The Labute approximate surface area is 178 Å². The first-order chi connectivity index (χ1) is 13.6. The second-order valence-electron chi connectivity index (χ2n) is 6.33. The number of hydrogen-bond acceptors (Lipinski definition) is 2. The van der Waals surface area contributed by atoms with Crippen molar-refractivity contribution in [1.29, 1.82) is 0 Å². The largest absolute Gasteiger partial charge is 0.492 e. The fraction of sp³-hybridized carbons (Fsp3) is 0.136. The van der Waals surface area contributed by atoms with Gasteiger partial charge in [-0.1, -0.05) is 59.1 Å². The van der Waals surface area contributed by atoms with Gasteiger partial charge in [-0.2, -0.15) is 0 Å². The molecule has 0 bridgehead atoms. The summed E-state index contributed by atoms with van der Waals surface area (Å²) < 4.78 is 7.99. The minimum atomic E-state index is 0.546. The van der Waals surface area contributed by atoms with Crippen molar-refractivity contribution in [2.45, 2.75) is 13.0 Å². The smallest absolute Gasteiger partial charge is 0.142 e. The van der Waals surface area contributed by atoms with Crippen LogP contribution in [0.3, 0.4) is 0 Å². The van der Waals surface area contributed by atoms with E-state index in [2.05, 4.69) is 10.6 Å². The maximum Gasteiger partial charge on any atom is 0.142 e. The van der Waals surface area contributed by atoms with E-state index in [-0.39, 0.29) is 0 Å². The van der Waals surface area contributed by atoms with Gasteiger partial charge in [-0.05, 0) is 48.9 Å². The van der Waals surface area contributed by atoms with Crippen molar-refractivity contribution in [2.24, 2.45) is 0 Å². The topological polar surface area (TPSA) is 27.1 Å². The number of aryl methyl sites for hydroxylation is 1. The van der Waals surface area contributed by atoms with Gasteiger partial charge < -0.3 is 9.30 Å². The molecule has 0 saturated carbocycles. The van der Waals surface area contributed by atoms with E-state index < -0.39 is 0 Å². The van der Waals surface area contributed by atoms with Crippen molar-refractivity contribution in [2.75, 3.05) is 6.61 Å². The van der Waals surface area contributed by atoms with E-state index in [0.29, 0.717) is 27.4 Å². The molecule has 0 saturated heterocycles. The molecule has 1 aromatic heterocycles. The third kappa shape index (κ3) is 3.97. The van der Waals surface area contributed by atoms with E-state index >= 15 is 0 Å². The number of rotatable bonds is 6. The van der Waals surface area contributed by atoms with Gasteiger partial charge >= 0.3 is 0 Å². The number of para-hydroxylation sites is 3. The lowest BCUT2D eigenvalue weighted by molar-refractivity contribution is 0.303. The van der Waals surface area contributed by atoms with Crippen LogP contribution in [0.5, 0.6) is 5.75 Å². The zero-order valence-corrected chi connectivity index (χ0v) is 17.2. The Kier molecular flexibility index (Phi) is 5.77. The number of fused-ring (bicyclic) bond motifs is 1. The van der Waals surface area contributed by atoms with Crippen molar-refractivity contribution in [3.63, 3.8) is 0 Å². The van der Waals surface area contributed by atoms with E-state index in [4.69, 9.17) is 44.5 Å². The maximum atomic E-state index is 6.45. The molecule has 0 N–H and O–H groups in total. The molecule has 0 radical (unpaired) electrons. The summed E-state index contributed by atoms with van der Waals surface area (Å²) in [6.45, 7) is 1.28. The van der Waals surface area contributed by atoms with Gasteiger partial charge in [0.1, 0.15) is 11.6 Å². The number of aromatic nitrogens is 2. The average molecular weight is 432 g/mol. The lowest BCUT2D eigenvalue weighted by atomic mass is 10.2. The highest BCUT2D eigenvalue weighted by atomic mass is 35.5. The van der Waals surface area contributed by atoms with E-state index in [9.17, 15) is 0 Å². The minimum Gasteiger partial charge on any atom is -0.492 e. The molecule has 1 heterocycles. The summed E-state index contributed by atoms with van der Waals surface area (Å²) in [7, 11) is 0. The molecule has 0 spiro atoms. The van der Waals surface area contributed by atoms with E-state index in [1.54, 1.807) is 6.07 Å². The molecule has 6 heteroatoms. The molecule has 4 aromatic rings. The Morgan fingerprint density at radius 3 is 2.46 bits per heavy atom. The van der Waals surface area contributed by atoms with Crippen LogP contribution in [-0.2, 0) is 6.54 Å². The summed E-state index contributed by atoms with van der Waals surface area (Å²) in [6, 6.07) is 21.0. The van der Waals surface area contributed by atoms with Crippen molar-refractivity contribution in [1.82, 2.24) is 9.55 Å². The Balaban J connectivity index is 1.59. The van der Waals surface area contributed by atoms with Crippen LogP contribution in [0, 0.1) is 0 Å². The first-order valence-electron chi connectivity index (χ1n) is 8.91. The maximum absolute atomic E-state index is 6.45. The Bertz CT molecular complexity index is 1120. The Morgan fingerprint density at radius 1 is 0.857 bits per heavy atom. The lowest BCUT2D eigenvalue weighted by Gasteiger charge is -2.12. The average Bonchev–Trinajstić information content (AvgIpc) is 3.05. The molecule has 142 valence electrons. The number of nitrogens with zero attached hydrogens (tertiary/aromatic N) is 2. The van der Waals surface area contributed by atoms with Crippen LogP contribution in [0.25, 0.3) is 22.4 Å². The van der Waals surface area contributed by atoms with Crippen molar-refractivity contribution in [3.05, 3.63) is 81.8 Å². The molecule has 3 nitrogen and oxygen atoms in total. The third-order valence-electron chi connectivity index (χ3n) is 4.45. The lowest BCUT2D eigenvalue weighted by Crippen LogP contribution is -2.06. The summed E-state index contributed by atoms with van der Waals surface area (Å²) in [5.41, 5.74) is 2.84. The summed E-state index contributed by atoms with van der Waals surface area (Å²) in [4.78, 5) is 4.80. The molecule has 3 aromatic carbocycles. The molecule has 0 fully saturated rings. The monoisotopic (exact) mass is 430 g/mol. The number of ether oxygens (including phenoxy) is 1. The molecule has 0 aliphatic carbocycles. The summed E-state index contributed by atoms with van der Waals surface area (Å²) >= 11 is 18.7. The molecule has 28 heavy (non-hydrogen) atoms. The zero-order chi connectivity index (χ0) is 19.5. The minimum absolute atomic E-state index is 0.546. The van der Waals surface area contributed by atoms with Crippen LogP contribution in [-0.4, -0.2) is 16.2 Å². The Morgan fingerprint density at radius 2 is 1.64 bits per heavy atom. The highest BCUT2D eigenvalue weighted by Gasteiger charge is 2.15. The van der Waals surface area contributed by atoms with Crippen LogP contribution in [0.15, 0.2) is 66.7 Å². The SMILES string of the molecule is Clc1ccc(-c2nc3ccccc3n2CCCOc2ccccc2Cl)c(Cl)c1. The van der Waals surface area contributed by atoms with Crippen LogP contribution >= 0.6 is 34.8 Å². The predicted octanol–water partition coefficient (Wildman–Crippen LogP) is 7.13. The van der Waals surface area contributed by atoms with Gasteiger partial charge in [-0.25, -0.2) is 4.98 Å².